The Morgan fingerprint density at radius 2 is 1.70 bits per heavy atom. The lowest BCUT2D eigenvalue weighted by Crippen LogP contribution is -2.39. The van der Waals surface area contributed by atoms with Crippen molar-refractivity contribution in [3.8, 4) is 6.07 Å². The molecule has 0 spiro atoms. The molecule has 1 aromatic heterocycles. The first-order valence-electron chi connectivity index (χ1n) is 8.68. The molecule has 9 heteroatoms. The largest absolute Gasteiger partial charge is 0.357 e. The summed E-state index contributed by atoms with van der Waals surface area (Å²) in [5.41, 5.74) is 0.106. The molecule has 1 aliphatic rings. The smallest absolute Gasteiger partial charge is 0.236 e. The van der Waals surface area contributed by atoms with Crippen LogP contribution in [0.4, 0.5) is 27.9 Å². The van der Waals surface area contributed by atoms with Crippen molar-refractivity contribution in [1.82, 2.24) is 15.0 Å². The van der Waals surface area contributed by atoms with E-state index in [-0.39, 0.29) is 18.2 Å². The Hall–Kier alpha value is -2.66. The van der Waals surface area contributed by atoms with Crippen molar-refractivity contribution in [3.05, 3.63) is 30.1 Å². The fourth-order valence-corrected chi connectivity index (χ4v) is 3.10. The van der Waals surface area contributed by atoms with Gasteiger partial charge in [-0.15, -0.1) is 12.4 Å². The highest BCUT2D eigenvalue weighted by Gasteiger charge is 2.33. The summed E-state index contributed by atoms with van der Waals surface area (Å²) in [7, 11) is 3.52. The van der Waals surface area contributed by atoms with Gasteiger partial charge in [0.1, 0.15) is 11.4 Å². The van der Waals surface area contributed by atoms with Gasteiger partial charge in [0.25, 0.3) is 0 Å². The molecule has 1 heterocycles. The van der Waals surface area contributed by atoms with Crippen LogP contribution >= 0.6 is 12.4 Å². The number of hydrogen-bond acceptors (Lipinski definition) is 7. The second kappa shape index (κ2) is 8.82. The molecule has 1 aliphatic carbocycles. The fraction of sp³-hybridized carbons (Fsp3) is 0.444. The third-order valence-corrected chi connectivity index (χ3v) is 4.63. The summed E-state index contributed by atoms with van der Waals surface area (Å²) >= 11 is 0. The molecule has 2 N–H and O–H groups in total. The topological polar surface area (TPSA) is 89.8 Å². The number of nitrogens with zero attached hydrogens (tertiary/aromatic N) is 5. The summed E-state index contributed by atoms with van der Waals surface area (Å²) in [6.45, 7) is 0. The number of nitrogens with one attached hydrogen (secondary N) is 2. The number of anilines is 4. The molecule has 7 nitrogen and oxygen atoms in total. The molecule has 1 saturated carbocycles. The van der Waals surface area contributed by atoms with Gasteiger partial charge in [0.15, 0.2) is 0 Å². The number of nitriles is 1. The van der Waals surface area contributed by atoms with E-state index >= 15 is 0 Å². The number of halogens is 2. The molecule has 0 saturated heterocycles. The van der Waals surface area contributed by atoms with E-state index in [9.17, 15) is 9.65 Å². The third-order valence-electron chi connectivity index (χ3n) is 4.63. The van der Waals surface area contributed by atoms with E-state index in [0.29, 0.717) is 17.8 Å². The van der Waals surface area contributed by atoms with Gasteiger partial charge in [-0.05, 0) is 37.1 Å². The van der Waals surface area contributed by atoms with Crippen molar-refractivity contribution in [3.63, 3.8) is 0 Å². The molecule has 0 radical (unpaired) electrons. The van der Waals surface area contributed by atoms with Crippen LogP contribution < -0.4 is 15.5 Å². The van der Waals surface area contributed by atoms with Crippen molar-refractivity contribution in [1.29, 1.82) is 5.26 Å². The first kappa shape index (κ1) is 20.6. The van der Waals surface area contributed by atoms with Crippen LogP contribution in [0.3, 0.4) is 0 Å². The zero-order valence-electron chi connectivity index (χ0n) is 15.4. The zero-order valence-corrected chi connectivity index (χ0v) is 16.2. The normalized spacial score (nSPS) is 15.2. The van der Waals surface area contributed by atoms with Crippen LogP contribution in [0.15, 0.2) is 24.3 Å². The first-order valence-corrected chi connectivity index (χ1v) is 8.68. The number of benzene rings is 1. The summed E-state index contributed by atoms with van der Waals surface area (Å²) in [5.74, 6) is 0.860. The molecule has 27 heavy (non-hydrogen) atoms. The van der Waals surface area contributed by atoms with E-state index in [1.165, 1.54) is 12.1 Å². The first-order chi connectivity index (χ1) is 12.5. The maximum atomic E-state index is 13.2. The van der Waals surface area contributed by atoms with Gasteiger partial charge in [0, 0.05) is 19.8 Å². The molecule has 0 unspecified atom stereocenters. The summed E-state index contributed by atoms with van der Waals surface area (Å²) < 4.78 is 13.2. The van der Waals surface area contributed by atoms with Crippen LogP contribution in [0.1, 0.15) is 32.1 Å². The lowest BCUT2D eigenvalue weighted by atomic mass is 9.83. The predicted molar refractivity (Wildman–Crippen MR) is 106 cm³/mol. The molecule has 0 bridgehead atoms. The van der Waals surface area contributed by atoms with Crippen LogP contribution in [0.25, 0.3) is 0 Å². The second-order valence-electron chi connectivity index (χ2n) is 6.45. The van der Waals surface area contributed by atoms with Gasteiger partial charge < -0.3 is 15.5 Å². The molecule has 3 rings (SSSR count). The van der Waals surface area contributed by atoms with Crippen LogP contribution in [0.2, 0.25) is 0 Å². The Morgan fingerprint density at radius 3 is 2.30 bits per heavy atom. The van der Waals surface area contributed by atoms with Crippen LogP contribution in [-0.4, -0.2) is 34.6 Å². The quantitative estimate of drug-likeness (QED) is 0.799. The average molecular weight is 392 g/mol. The van der Waals surface area contributed by atoms with Gasteiger partial charge in [-0.1, -0.05) is 19.3 Å². The van der Waals surface area contributed by atoms with Gasteiger partial charge in [-0.3, -0.25) is 0 Å². The summed E-state index contributed by atoms with van der Waals surface area (Å²) in [6.07, 6.45) is 4.70. The van der Waals surface area contributed by atoms with Gasteiger partial charge >= 0.3 is 0 Å². The average Bonchev–Trinajstić information content (AvgIpc) is 2.68. The SMILES string of the molecule is CNc1nc(NC2(C#N)CCCCC2)nc(N(C)c2ccc(F)cc2)n1.Cl. The molecule has 144 valence electrons. The number of rotatable bonds is 5. The Morgan fingerprint density at radius 1 is 1.07 bits per heavy atom. The Kier molecular flexibility index (Phi) is 6.75. The lowest BCUT2D eigenvalue weighted by molar-refractivity contribution is 0.390. The van der Waals surface area contributed by atoms with E-state index in [4.69, 9.17) is 0 Å². The van der Waals surface area contributed by atoms with Crippen molar-refractivity contribution in [2.45, 2.75) is 37.6 Å². The molecular formula is C18H23ClFN7. The lowest BCUT2D eigenvalue weighted by Gasteiger charge is -2.31. The highest BCUT2D eigenvalue weighted by molar-refractivity contribution is 5.85. The Balaban J connectivity index is 0.00000261. The maximum Gasteiger partial charge on any atom is 0.236 e. The van der Waals surface area contributed by atoms with Crippen LogP contribution in [0.5, 0.6) is 0 Å². The predicted octanol–water partition coefficient (Wildman–Crippen LogP) is 3.88. The molecule has 1 fully saturated rings. The van der Waals surface area contributed by atoms with Gasteiger partial charge in [-0.25, -0.2) is 4.39 Å². The van der Waals surface area contributed by atoms with Crippen LogP contribution in [-0.2, 0) is 0 Å². The van der Waals surface area contributed by atoms with E-state index in [1.54, 1.807) is 31.1 Å². The molecule has 0 atom stereocenters. The highest BCUT2D eigenvalue weighted by Crippen LogP contribution is 2.31. The number of hydrogen-bond donors (Lipinski definition) is 2. The van der Waals surface area contributed by atoms with Crippen molar-refractivity contribution in [2.24, 2.45) is 0 Å². The van der Waals surface area contributed by atoms with E-state index in [1.807, 2.05) is 0 Å². The minimum atomic E-state index is -0.643. The minimum Gasteiger partial charge on any atom is -0.357 e. The van der Waals surface area contributed by atoms with Crippen molar-refractivity contribution in [2.75, 3.05) is 29.6 Å². The number of aromatic nitrogens is 3. The van der Waals surface area contributed by atoms with Gasteiger partial charge in [0.2, 0.25) is 17.8 Å². The molecular weight excluding hydrogens is 369 g/mol. The summed E-state index contributed by atoms with van der Waals surface area (Å²) in [5, 5.41) is 15.8. The summed E-state index contributed by atoms with van der Waals surface area (Å²) in [6, 6.07) is 8.49. The van der Waals surface area contributed by atoms with Gasteiger partial charge in [-0.2, -0.15) is 20.2 Å². The fourth-order valence-electron chi connectivity index (χ4n) is 3.10. The summed E-state index contributed by atoms with van der Waals surface area (Å²) in [4.78, 5) is 14.9. The zero-order chi connectivity index (χ0) is 18.6. The van der Waals surface area contributed by atoms with Crippen molar-refractivity contribution >= 4 is 35.9 Å². The monoisotopic (exact) mass is 391 g/mol. The molecule has 0 aliphatic heterocycles. The van der Waals surface area contributed by atoms with Gasteiger partial charge in [0.05, 0.1) is 6.07 Å². The Bertz CT molecular complexity index is 800. The Labute approximate surface area is 164 Å². The van der Waals surface area contributed by atoms with Crippen LogP contribution in [0, 0.1) is 17.1 Å². The standard InChI is InChI=1S/C18H22FN7.ClH/c1-21-15-22-16(25-18(12-20)10-4-3-5-11-18)24-17(23-15)26(2)14-8-6-13(19)7-9-14;/h6-9H,3-5,10-11H2,1-2H3,(H2,21,22,23,24,25);1H. The molecule has 0 amide bonds. The molecule has 2 aromatic rings. The van der Waals surface area contributed by atoms with E-state index in [2.05, 4.69) is 31.7 Å². The van der Waals surface area contributed by atoms with E-state index < -0.39 is 5.54 Å². The van der Waals surface area contributed by atoms with Crippen molar-refractivity contribution < 1.29 is 4.39 Å². The minimum absolute atomic E-state index is 0. The highest BCUT2D eigenvalue weighted by atomic mass is 35.5. The third kappa shape index (κ3) is 4.74. The second-order valence-corrected chi connectivity index (χ2v) is 6.45. The van der Waals surface area contributed by atoms with E-state index in [0.717, 1.165) is 37.8 Å². The molecule has 1 aromatic carbocycles. The maximum absolute atomic E-state index is 13.2.